The van der Waals surface area contributed by atoms with E-state index in [2.05, 4.69) is 9.47 Å². The van der Waals surface area contributed by atoms with E-state index in [-0.39, 0.29) is 11.5 Å². The van der Waals surface area contributed by atoms with E-state index < -0.39 is 12.0 Å². The van der Waals surface area contributed by atoms with E-state index >= 15 is 0 Å². The molecule has 1 aliphatic heterocycles. The molecule has 82 valence electrons. The number of alkyl halides is 3. The average molecular weight is 218 g/mol. The monoisotopic (exact) mass is 218 g/mol. The standard InChI is InChI=1S/C10H9F3O2/c1-6-3-4-7-8(5-6)15-10(12,13)9(2,11)14-7/h3-5H,1-2H3. The minimum atomic E-state index is -3.98. The third-order valence-electron chi connectivity index (χ3n) is 2.16. The summed E-state index contributed by atoms with van der Waals surface area (Å²) in [5.74, 6) is -3.30. The van der Waals surface area contributed by atoms with Gasteiger partial charge in [-0.25, -0.2) is 0 Å². The number of benzene rings is 1. The molecule has 2 rings (SSSR count). The third-order valence-corrected chi connectivity index (χ3v) is 2.16. The maximum Gasteiger partial charge on any atom is 0.471 e. The van der Waals surface area contributed by atoms with Gasteiger partial charge in [0, 0.05) is 6.92 Å². The van der Waals surface area contributed by atoms with Gasteiger partial charge in [-0.15, -0.1) is 0 Å². The van der Waals surface area contributed by atoms with Crippen LogP contribution in [0, 0.1) is 6.92 Å². The molecule has 0 spiro atoms. The summed E-state index contributed by atoms with van der Waals surface area (Å²) in [6.45, 7) is 2.35. The van der Waals surface area contributed by atoms with Crippen LogP contribution >= 0.6 is 0 Å². The molecule has 1 unspecified atom stereocenters. The first-order valence-electron chi connectivity index (χ1n) is 4.37. The summed E-state index contributed by atoms with van der Waals surface area (Å²) < 4.78 is 48.3. The molecule has 0 aliphatic carbocycles. The summed E-state index contributed by atoms with van der Waals surface area (Å²) in [7, 11) is 0. The van der Waals surface area contributed by atoms with E-state index in [1.165, 1.54) is 12.1 Å². The van der Waals surface area contributed by atoms with Crippen LogP contribution in [0.3, 0.4) is 0 Å². The van der Waals surface area contributed by atoms with Crippen LogP contribution in [0.25, 0.3) is 0 Å². The highest BCUT2D eigenvalue weighted by Crippen LogP contribution is 2.45. The fourth-order valence-corrected chi connectivity index (χ4v) is 1.27. The lowest BCUT2D eigenvalue weighted by molar-refractivity contribution is -0.332. The smallest absolute Gasteiger partial charge is 0.446 e. The van der Waals surface area contributed by atoms with Crippen molar-refractivity contribution in [2.75, 3.05) is 0 Å². The Hall–Kier alpha value is -1.39. The maximum atomic E-state index is 13.3. The number of fused-ring (bicyclic) bond motifs is 1. The molecule has 5 heteroatoms. The van der Waals surface area contributed by atoms with Crippen molar-refractivity contribution in [2.24, 2.45) is 0 Å². The van der Waals surface area contributed by atoms with Crippen LogP contribution in [0.5, 0.6) is 11.5 Å². The minimum Gasteiger partial charge on any atom is -0.446 e. The number of hydrogen-bond acceptors (Lipinski definition) is 2. The summed E-state index contributed by atoms with van der Waals surface area (Å²) in [5, 5.41) is 0. The van der Waals surface area contributed by atoms with Gasteiger partial charge in [-0.3, -0.25) is 0 Å². The van der Waals surface area contributed by atoms with Gasteiger partial charge in [0.1, 0.15) is 0 Å². The molecule has 0 bridgehead atoms. The highest BCUT2D eigenvalue weighted by Gasteiger charge is 2.60. The molecule has 0 fully saturated rings. The second-order valence-electron chi connectivity index (χ2n) is 3.59. The molecule has 0 amide bonds. The van der Waals surface area contributed by atoms with Crippen LogP contribution in [0.15, 0.2) is 18.2 Å². The predicted molar refractivity (Wildman–Crippen MR) is 46.9 cm³/mol. The Morgan fingerprint density at radius 3 is 2.40 bits per heavy atom. The van der Waals surface area contributed by atoms with Crippen molar-refractivity contribution in [3.05, 3.63) is 23.8 Å². The van der Waals surface area contributed by atoms with E-state index in [1.54, 1.807) is 13.0 Å². The van der Waals surface area contributed by atoms with Gasteiger partial charge in [0.15, 0.2) is 11.5 Å². The largest absolute Gasteiger partial charge is 0.471 e. The van der Waals surface area contributed by atoms with Crippen LogP contribution in [0.4, 0.5) is 13.2 Å². The fourth-order valence-electron chi connectivity index (χ4n) is 1.27. The quantitative estimate of drug-likeness (QED) is 0.666. The molecule has 1 aromatic rings. The van der Waals surface area contributed by atoms with E-state index in [0.29, 0.717) is 6.92 Å². The number of hydrogen-bond donors (Lipinski definition) is 0. The van der Waals surface area contributed by atoms with Crippen LogP contribution in [-0.2, 0) is 0 Å². The Kier molecular flexibility index (Phi) is 1.90. The van der Waals surface area contributed by atoms with Crippen LogP contribution in [0.1, 0.15) is 12.5 Å². The molecule has 2 nitrogen and oxygen atoms in total. The summed E-state index contributed by atoms with van der Waals surface area (Å²) >= 11 is 0. The second kappa shape index (κ2) is 2.81. The van der Waals surface area contributed by atoms with Gasteiger partial charge in [0.2, 0.25) is 0 Å². The number of rotatable bonds is 0. The number of aryl methyl sites for hydroxylation is 1. The minimum absolute atomic E-state index is 0.0171. The second-order valence-corrected chi connectivity index (χ2v) is 3.59. The van der Waals surface area contributed by atoms with E-state index in [1.807, 2.05) is 0 Å². The lowest BCUT2D eigenvalue weighted by Crippen LogP contribution is -2.53. The summed E-state index contributed by atoms with van der Waals surface area (Å²) in [5.41, 5.74) is 0.732. The maximum absolute atomic E-state index is 13.3. The van der Waals surface area contributed by atoms with Gasteiger partial charge >= 0.3 is 12.0 Å². The summed E-state index contributed by atoms with van der Waals surface area (Å²) in [6.07, 6.45) is -3.98. The average Bonchev–Trinajstić information content (AvgIpc) is 2.07. The Morgan fingerprint density at radius 2 is 1.73 bits per heavy atom. The fraction of sp³-hybridized carbons (Fsp3) is 0.400. The molecule has 1 heterocycles. The van der Waals surface area contributed by atoms with Gasteiger partial charge < -0.3 is 9.47 Å². The Balaban J connectivity index is 2.47. The zero-order chi connectivity index (χ0) is 11.3. The first-order valence-corrected chi connectivity index (χ1v) is 4.37. The Labute approximate surface area is 84.6 Å². The zero-order valence-electron chi connectivity index (χ0n) is 8.18. The molecule has 1 aromatic carbocycles. The first kappa shape index (κ1) is 10.1. The van der Waals surface area contributed by atoms with Gasteiger partial charge in [-0.05, 0) is 24.6 Å². The lowest BCUT2D eigenvalue weighted by atomic mass is 10.2. The van der Waals surface area contributed by atoms with E-state index in [9.17, 15) is 13.2 Å². The van der Waals surface area contributed by atoms with Crippen LogP contribution < -0.4 is 9.47 Å². The number of halogens is 3. The lowest BCUT2D eigenvalue weighted by Gasteiger charge is -2.35. The van der Waals surface area contributed by atoms with Gasteiger partial charge in [0.05, 0.1) is 0 Å². The van der Waals surface area contributed by atoms with Crippen molar-refractivity contribution >= 4 is 0 Å². The molecule has 0 N–H and O–H groups in total. The molecule has 0 saturated carbocycles. The van der Waals surface area contributed by atoms with Crippen LogP contribution in [-0.4, -0.2) is 12.0 Å². The number of ether oxygens (including phenoxy) is 2. The Bertz CT molecular complexity index is 402. The first-order chi connectivity index (χ1) is 6.82. The normalized spacial score (nSPS) is 27.5. The molecule has 15 heavy (non-hydrogen) atoms. The molecular formula is C10H9F3O2. The topological polar surface area (TPSA) is 18.5 Å². The highest BCUT2D eigenvalue weighted by molar-refractivity contribution is 5.44. The molecule has 0 aromatic heterocycles. The van der Waals surface area contributed by atoms with Crippen molar-refractivity contribution in [2.45, 2.75) is 25.8 Å². The van der Waals surface area contributed by atoms with Crippen LogP contribution in [0.2, 0.25) is 0 Å². The van der Waals surface area contributed by atoms with Gasteiger partial charge in [-0.1, -0.05) is 6.07 Å². The van der Waals surface area contributed by atoms with Crippen molar-refractivity contribution in [3.63, 3.8) is 0 Å². The highest BCUT2D eigenvalue weighted by atomic mass is 19.3. The summed E-state index contributed by atoms with van der Waals surface area (Å²) in [4.78, 5) is 0. The predicted octanol–water partition coefficient (Wildman–Crippen LogP) is 3.04. The molecular weight excluding hydrogens is 209 g/mol. The van der Waals surface area contributed by atoms with Gasteiger partial charge in [0.25, 0.3) is 0 Å². The SMILES string of the molecule is Cc1ccc2c(c1)OC(F)(F)C(C)(F)O2. The Morgan fingerprint density at radius 1 is 1.07 bits per heavy atom. The van der Waals surface area contributed by atoms with Gasteiger partial charge in [-0.2, -0.15) is 13.2 Å². The summed E-state index contributed by atoms with van der Waals surface area (Å²) in [6, 6.07) is 4.40. The van der Waals surface area contributed by atoms with Crippen molar-refractivity contribution in [1.82, 2.24) is 0 Å². The van der Waals surface area contributed by atoms with E-state index in [4.69, 9.17) is 0 Å². The van der Waals surface area contributed by atoms with E-state index in [0.717, 1.165) is 5.56 Å². The van der Waals surface area contributed by atoms with Crippen molar-refractivity contribution < 1.29 is 22.6 Å². The third kappa shape index (κ3) is 1.52. The molecule has 0 radical (unpaired) electrons. The molecule has 1 aliphatic rings. The molecule has 1 atom stereocenters. The molecule has 0 saturated heterocycles. The van der Waals surface area contributed by atoms with Crippen molar-refractivity contribution in [1.29, 1.82) is 0 Å². The van der Waals surface area contributed by atoms with Crippen molar-refractivity contribution in [3.8, 4) is 11.5 Å². The zero-order valence-corrected chi connectivity index (χ0v) is 8.18.